The lowest BCUT2D eigenvalue weighted by Gasteiger charge is -2.31. The summed E-state index contributed by atoms with van der Waals surface area (Å²) in [5.41, 5.74) is 4.42. The second-order valence-corrected chi connectivity index (χ2v) is 11.8. The van der Waals surface area contributed by atoms with Crippen molar-refractivity contribution < 1.29 is 9.84 Å². The number of benzene rings is 2. The van der Waals surface area contributed by atoms with Gasteiger partial charge in [0.25, 0.3) is 0 Å². The molecule has 0 aliphatic carbocycles. The van der Waals surface area contributed by atoms with Gasteiger partial charge in [-0.1, -0.05) is 95.6 Å². The van der Waals surface area contributed by atoms with Gasteiger partial charge in [0.05, 0.1) is 0 Å². The fourth-order valence-corrected chi connectivity index (χ4v) is 3.66. The zero-order valence-corrected chi connectivity index (χ0v) is 22.5. The molecule has 2 rings (SSSR count). The number of ether oxygens (including phenoxy) is 1. The molecule has 2 N–H and O–H groups in total. The van der Waals surface area contributed by atoms with Crippen molar-refractivity contribution in [3.8, 4) is 5.75 Å². The number of aliphatic hydroxyl groups is 1. The molecule has 176 valence electrons. The molecule has 0 saturated heterocycles. The van der Waals surface area contributed by atoms with Crippen molar-refractivity contribution in [2.75, 3.05) is 13.2 Å². The number of hydrogen-bond donors (Lipinski definition) is 2. The van der Waals surface area contributed by atoms with Gasteiger partial charge in [-0.3, -0.25) is 0 Å². The van der Waals surface area contributed by atoms with E-state index in [9.17, 15) is 5.11 Å². The van der Waals surface area contributed by atoms with Crippen molar-refractivity contribution in [1.82, 2.24) is 5.32 Å². The summed E-state index contributed by atoms with van der Waals surface area (Å²) in [6.45, 7) is 18.2. The van der Waals surface area contributed by atoms with Gasteiger partial charge in [-0.05, 0) is 46.2 Å². The molecule has 0 radical (unpaired) electrons. The summed E-state index contributed by atoms with van der Waals surface area (Å²) >= 11 is 3.49. The summed E-state index contributed by atoms with van der Waals surface area (Å²) in [6.07, 6.45) is 3.75. The van der Waals surface area contributed by atoms with Gasteiger partial charge in [0, 0.05) is 28.2 Å². The molecule has 1 unspecified atom stereocenters. The molecular weight excluding hydrogens is 462 g/mol. The van der Waals surface area contributed by atoms with Crippen LogP contribution in [0.5, 0.6) is 5.75 Å². The molecule has 2 aromatic carbocycles. The maximum atomic E-state index is 10.4. The Hall–Kier alpha value is -1.62. The standard InChI is InChI=1S/C28H40BrNO2/c1-19(2)30-17-23(31)18-32-26-24(27(3,4)5)15-21(16-25(26)28(6,7)8)10-9-20-11-13-22(29)14-12-20/h9-16,19,23,30-31H,17-18H2,1-8H3/b10-9+. The predicted octanol–water partition coefficient (Wildman–Crippen LogP) is 6.95. The molecule has 0 bridgehead atoms. The monoisotopic (exact) mass is 501 g/mol. The molecule has 2 aromatic rings. The summed E-state index contributed by atoms with van der Waals surface area (Å²) < 4.78 is 7.40. The number of hydrogen-bond acceptors (Lipinski definition) is 3. The van der Waals surface area contributed by atoms with Gasteiger partial charge >= 0.3 is 0 Å². The Balaban J connectivity index is 2.44. The Morgan fingerprint density at radius 2 is 1.41 bits per heavy atom. The van der Waals surface area contributed by atoms with Crippen LogP contribution < -0.4 is 10.1 Å². The van der Waals surface area contributed by atoms with E-state index in [0.29, 0.717) is 12.6 Å². The van der Waals surface area contributed by atoms with Crippen molar-refractivity contribution in [3.05, 3.63) is 63.1 Å². The normalized spacial score (nSPS) is 13.7. The molecule has 0 aromatic heterocycles. The lowest BCUT2D eigenvalue weighted by atomic mass is 9.78. The van der Waals surface area contributed by atoms with Gasteiger partial charge in [0.15, 0.2) is 0 Å². The van der Waals surface area contributed by atoms with Crippen LogP contribution in [0.4, 0.5) is 0 Å². The van der Waals surface area contributed by atoms with Crippen LogP contribution in [0.1, 0.15) is 77.6 Å². The van der Waals surface area contributed by atoms with Gasteiger partial charge in [-0.15, -0.1) is 0 Å². The van der Waals surface area contributed by atoms with Crippen LogP contribution in [0, 0.1) is 0 Å². The molecule has 0 fully saturated rings. The molecule has 0 heterocycles. The van der Waals surface area contributed by atoms with Crippen molar-refractivity contribution >= 4 is 28.1 Å². The Bertz CT molecular complexity index is 868. The summed E-state index contributed by atoms with van der Waals surface area (Å²) in [5, 5.41) is 13.7. The highest BCUT2D eigenvalue weighted by Gasteiger charge is 2.28. The van der Waals surface area contributed by atoms with Crippen molar-refractivity contribution in [2.45, 2.75) is 78.4 Å². The highest BCUT2D eigenvalue weighted by molar-refractivity contribution is 9.10. The lowest BCUT2D eigenvalue weighted by molar-refractivity contribution is 0.102. The minimum atomic E-state index is -0.560. The van der Waals surface area contributed by atoms with E-state index in [1.807, 2.05) is 0 Å². The summed E-state index contributed by atoms with van der Waals surface area (Å²) in [5.74, 6) is 0.898. The molecule has 0 aliphatic rings. The van der Waals surface area contributed by atoms with Crippen LogP contribution in [0.25, 0.3) is 12.2 Å². The van der Waals surface area contributed by atoms with Gasteiger partial charge in [0.1, 0.15) is 18.5 Å². The van der Waals surface area contributed by atoms with Crippen LogP contribution in [0.15, 0.2) is 40.9 Å². The fraction of sp³-hybridized carbons (Fsp3) is 0.500. The van der Waals surface area contributed by atoms with E-state index in [1.165, 1.54) is 0 Å². The minimum absolute atomic E-state index is 0.0993. The smallest absolute Gasteiger partial charge is 0.126 e. The fourth-order valence-electron chi connectivity index (χ4n) is 3.39. The van der Waals surface area contributed by atoms with Crippen LogP contribution in [0.2, 0.25) is 0 Å². The van der Waals surface area contributed by atoms with Crippen LogP contribution in [-0.2, 0) is 10.8 Å². The van der Waals surface area contributed by atoms with Crippen LogP contribution >= 0.6 is 15.9 Å². The zero-order valence-electron chi connectivity index (χ0n) is 20.9. The Kier molecular flexibility index (Phi) is 9.15. The largest absolute Gasteiger partial charge is 0.490 e. The summed E-state index contributed by atoms with van der Waals surface area (Å²) in [6, 6.07) is 13.1. The Morgan fingerprint density at radius 1 is 0.906 bits per heavy atom. The quantitative estimate of drug-likeness (QED) is 0.384. The molecule has 0 spiro atoms. The highest BCUT2D eigenvalue weighted by Crippen LogP contribution is 2.41. The first-order valence-electron chi connectivity index (χ1n) is 11.4. The Morgan fingerprint density at radius 3 is 1.88 bits per heavy atom. The average molecular weight is 503 g/mol. The van der Waals surface area contributed by atoms with E-state index in [1.54, 1.807) is 0 Å². The SMILES string of the molecule is CC(C)NCC(O)COc1c(C(C)(C)C)cc(/C=C/c2ccc(Br)cc2)cc1C(C)(C)C. The van der Waals surface area contributed by atoms with E-state index in [-0.39, 0.29) is 17.4 Å². The minimum Gasteiger partial charge on any atom is -0.490 e. The van der Waals surface area contributed by atoms with E-state index in [4.69, 9.17) is 4.74 Å². The molecular formula is C28H40BrNO2. The maximum Gasteiger partial charge on any atom is 0.126 e. The first kappa shape index (κ1) is 26.6. The predicted molar refractivity (Wildman–Crippen MR) is 142 cm³/mol. The van der Waals surface area contributed by atoms with E-state index < -0.39 is 6.10 Å². The first-order valence-corrected chi connectivity index (χ1v) is 12.2. The second-order valence-electron chi connectivity index (χ2n) is 10.9. The molecule has 0 amide bonds. The molecule has 32 heavy (non-hydrogen) atoms. The van der Waals surface area contributed by atoms with Crippen molar-refractivity contribution in [2.24, 2.45) is 0 Å². The molecule has 1 atom stereocenters. The highest BCUT2D eigenvalue weighted by atomic mass is 79.9. The third-order valence-electron chi connectivity index (χ3n) is 5.25. The van der Waals surface area contributed by atoms with Gasteiger partial charge in [-0.2, -0.15) is 0 Å². The third-order valence-corrected chi connectivity index (χ3v) is 5.78. The van der Waals surface area contributed by atoms with E-state index in [2.05, 4.69) is 125 Å². The van der Waals surface area contributed by atoms with Crippen molar-refractivity contribution in [1.29, 1.82) is 0 Å². The summed E-state index contributed by atoms with van der Waals surface area (Å²) in [4.78, 5) is 0. The third kappa shape index (κ3) is 8.06. The van der Waals surface area contributed by atoms with Crippen molar-refractivity contribution in [3.63, 3.8) is 0 Å². The Labute approximate surface area is 203 Å². The number of aliphatic hydroxyl groups excluding tert-OH is 1. The number of rotatable bonds is 8. The first-order chi connectivity index (χ1) is 14.8. The van der Waals surface area contributed by atoms with Gasteiger partial charge in [0.2, 0.25) is 0 Å². The number of nitrogens with one attached hydrogen (secondary N) is 1. The average Bonchev–Trinajstić information content (AvgIpc) is 2.68. The lowest BCUT2D eigenvalue weighted by Crippen LogP contribution is -2.35. The second kappa shape index (κ2) is 11.0. The number of halogens is 1. The molecule has 3 nitrogen and oxygen atoms in total. The topological polar surface area (TPSA) is 41.5 Å². The zero-order chi connectivity index (χ0) is 24.1. The maximum absolute atomic E-state index is 10.4. The van der Waals surface area contributed by atoms with Crippen LogP contribution in [0.3, 0.4) is 0 Å². The van der Waals surface area contributed by atoms with Gasteiger partial charge < -0.3 is 15.2 Å². The van der Waals surface area contributed by atoms with Gasteiger partial charge in [-0.25, -0.2) is 0 Å². The molecule has 0 saturated carbocycles. The summed E-state index contributed by atoms with van der Waals surface area (Å²) in [7, 11) is 0. The molecule has 4 heteroatoms. The van der Waals surface area contributed by atoms with E-state index in [0.717, 1.165) is 32.5 Å². The van der Waals surface area contributed by atoms with E-state index >= 15 is 0 Å². The molecule has 0 aliphatic heterocycles. The van der Waals surface area contributed by atoms with Crippen LogP contribution in [-0.4, -0.2) is 30.4 Å².